The summed E-state index contributed by atoms with van der Waals surface area (Å²) < 4.78 is 13.8. The smallest absolute Gasteiger partial charge is 0.271 e. The van der Waals surface area contributed by atoms with Crippen molar-refractivity contribution in [1.82, 2.24) is 15.6 Å². The Morgan fingerprint density at radius 1 is 1.45 bits per heavy atom. The number of halogens is 1. The molecule has 2 N–H and O–H groups in total. The van der Waals surface area contributed by atoms with E-state index in [2.05, 4.69) is 22.5 Å². The molecule has 1 fully saturated rings. The first-order chi connectivity index (χ1) is 10.6. The number of nitrogens with zero attached hydrogens (tertiary/aromatic N) is 1. The van der Waals surface area contributed by atoms with E-state index in [4.69, 9.17) is 0 Å². The molecule has 2 unspecified atom stereocenters. The maximum absolute atomic E-state index is 13.8. The molecule has 1 amide bonds. The molecule has 1 aliphatic rings. The molecule has 22 heavy (non-hydrogen) atoms. The van der Waals surface area contributed by atoms with Gasteiger partial charge in [-0.05, 0) is 37.6 Å². The zero-order valence-electron chi connectivity index (χ0n) is 12.3. The van der Waals surface area contributed by atoms with Crippen molar-refractivity contribution < 1.29 is 9.18 Å². The van der Waals surface area contributed by atoms with E-state index in [1.165, 1.54) is 17.4 Å². The molecule has 116 valence electrons. The molecule has 1 saturated heterocycles. The fraction of sp³-hybridized carbons (Fsp3) is 0.375. The van der Waals surface area contributed by atoms with Crippen LogP contribution < -0.4 is 10.6 Å². The molecule has 0 aliphatic carbocycles. The van der Waals surface area contributed by atoms with Crippen molar-refractivity contribution in [2.24, 2.45) is 5.92 Å². The van der Waals surface area contributed by atoms with Gasteiger partial charge in [0.05, 0.1) is 0 Å². The summed E-state index contributed by atoms with van der Waals surface area (Å²) in [5, 5.41) is 8.55. The number of amides is 1. The van der Waals surface area contributed by atoms with Crippen molar-refractivity contribution in [3.05, 3.63) is 41.2 Å². The molecule has 3 rings (SSSR count). The summed E-state index contributed by atoms with van der Waals surface area (Å²) in [5.41, 5.74) is 0.788. The number of carbonyl (C=O) groups is 1. The molecule has 0 radical (unpaired) electrons. The lowest BCUT2D eigenvalue weighted by atomic mass is 9.95. The second kappa shape index (κ2) is 6.54. The highest BCUT2D eigenvalue weighted by Gasteiger charge is 2.24. The SMILES string of the molecule is CC1CNCCC1NC(=O)c1csc(-c2ccccc2F)n1. The van der Waals surface area contributed by atoms with Gasteiger partial charge in [-0.3, -0.25) is 4.79 Å². The third-order valence-corrected chi connectivity index (χ3v) is 4.82. The number of thiazole rings is 1. The van der Waals surface area contributed by atoms with Gasteiger partial charge in [0.25, 0.3) is 5.91 Å². The molecule has 0 spiro atoms. The second-order valence-corrected chi connectivity index (χ2v) is 6.43. The average molecular weight is 319 g/mol. The molecule has 2 heterocycles. The summed E-state index contributed by atoms with van der Waals surface area (Å²) in [4.78, 5) is 16.6. The first kappa shape index (κ1) is 15.1. The van der Waals surface area contributed by atoms with Crippen LogP contribution in [0.25, 0.3) is 10.6 Å². The molecular weight excluding hydrogens is 301 g/mol. The minimum absolute atomic E-state index is 0.160. The predicted molar refractivity (Wildman–Crippen MR) is 85.4 cm³/mol. The predicted octanol–water partition coefficient (Wildman–Crippen LogP) is 2.68. The van der Waals surface area contributed by atoms with Gasteiger partial charge in [0.2, 0.25) is 0 Å². The van der Waals surface area contributed by atoms with E-state index in [-0.39, 0.29) is 17.8 Å². The molecule has 0 bridgehead atoms. The molecule has 0 saturated carbocycles. The zero-order valence-corrected chi connectivity index (χ0v) is 13.1. The third-order valence-electron chi connectivity index (χ3n) is 3.94. The lowest BCUT2D eigenvalue weighted by molar-refractivity contribution is 0.0910. The molecule has 6 heteroatoms. The Morgan fingerprint density at radius 3 is 3.05 bits per heavy atom. The lowest BCUT2D eigenvalue weighted by Crippen LogP contribution is -2.48. The summed E-state index contributed by atoms with van der Waals surface area (Å²) in [6.45, 7) is 3.93. The van der Waals surface area contributed by atoms with Crippen molar-refractivity contribution in [1.29, 1.82) is 0 Å². The number of piperidine rings is 1. The van der Waals surface area contributed by atoms with Gasteiger partial charge in [0.1, 0.15) is 16.5 Å². The first-order valence-corrected chi connectivity index (χ1v) is 8.25. The van der Waals surface area contributed by atoms with Crippen molar-refractivity contribution in [2.45, 2.75) is 19.4 Å². The van der Waals surface area contributed by atoms with Crippen LogP contribution in [-0.4, -0.2) is 30.0 Å². The monoisotopic (exact) mass is 319 g/mol. The number of benzene rings is 1. The Labute approximate surface area is 132 Å². The second-order valence-electron chi connectivity index (χ2n) is 5.57. The zero-order chi connectivity index (χ0) is 15.5. The Bertz CT molecular complexity index is 673. The highest BCUT2D eigenvalue weighted by atomic mass is 32.1. The van der Waals surface area contributed by atoms with Gasteiger partial charge in [0.15, 0.2) is 0 Å². The van der Waals surface area contributed by atoms with Gasteiger partial charge in [-0.2, -0.15) is 0 Å². The normalized spacial score (nSPS) is 21.5. The summed E-state index contributed by atoms with van der Waals surface area (Å²) in [6, 6.07) is 6.62. The highest BCUT2D eigenvalue weighted by Crippen LogP contribution is 2.26. The molecule has 1 aromatic heterocycles. The molecular formula is C16H18FN3OS. The number of rotatable bonds is 3. The average Bonchev–Trinajstić information content (AvgIpc) is 3.00. The topological polar surface area (TPSA) is 54.0 Å². The van der Waals surface area contributed by atoms with Crippen LogP contribution in [0.3, 0.4) is 0 Å². The van der Waals surface area contributed by atoms with Gasteiger partial charge in [-0.15, -0.1) is 11.3 Å². The molecule has 1 aromatic carbocycles. The maximum Gasteiger partial charge on any atom is 0.271 e. The van der Waals surface area contributed by atoms with Crippen LogP contribution in [0.15, 0.2) is 29.6 Å². The van der Waals surface area contributed by atoms with Crippen LogP contribution in [0.2, 0.25) is 0 Å². The Balaban J connectivity index is 1.73. The van der Waals surface area contributed by atoms with Gasteiger partial charge < -0.3 is 10.6 Å². The lowest BCUT2D eigenvalue weighted by Gasteiger charge is -2.29. The van der Waals surface area contributed by atoms with E-state index in [0.717, 1.165) is 19.5 Å². The van der Waals surface area contributed by atoms with E-state index in [1.807, 2.05) is 0 Å². The molecule has 2 aromatic rings. The van der Waals surface area contributed by atoms with Crippen LogP contribution >= 0.6 is 11.3 Å². The Hall–Kier alpha value is -1.79. The Kier molecular flexibility index (Phi) is 4.49. The van der Waals surface area contributed by atoms with Crippen LogP contribution in [0.5, 0.6) is 0 Å². The highest BCUT2D eigenvalue weighted by molar-refractivity contribution is 7.13. The molecule has 2 atom stereocenters. The number of hydrogen-bond donors (Lipinski definition) is 2. The minimum Gasteiger partial charge on any atom is -0.348 e. The van der Waals surface area contributed by atoms with Crippen LogP contribution in [-0.2, 0) is 0 Å². The summed E-state index contributed by atoms with van der Waals surface area (Å²) in [5.74, 6) is -0.115. The fourth-order valence-electron chi connectivity index (χ4n) is 2.61. The molecule has 4 nitrogen and oxygen atoms in total. The maximum atomic E-state index is 13.8. The van der Waals surface area contributed by atoms with Crippen LogP contribution in [0.1, 0.15) is 23.8 Å². The van der Waals surface area contributed by atoms with E-state index in [9.17, 15) is 9.18 Å². The fourth-order valence-corrected chi connectivity index (χ4v) is 3.43. The van der Waals surface area contributed by atoms with Gasteiger partial charge in [0, 0.05) is 17.0 Å². The summed E-state index contributed by atoms with van der Waals surface area (Å²) >= 11 is 1.28. The third kappa shape index (κ3) is 3.18. The number of nitrogens with one attached hydrogen (secondary N) is 2. The van der Waals surface area contributed by atoms with E-state index in [1.54, 1.807) is 23.6 Å². The van der Waals surface area contributed by atoms with E-state index < -0.39 is 0 Å². The summed E-state index contributed by atoms with van der Waals surface area (Å²) in [7, 11) is 0. The molecule has 1 aliphatic heterocycles. The summed E-state index contributed by atoms with van der Waals surface area (Å²) in [6.07, 6.45) is 0.914. The number of aromatic nitrogens is 1. The van der Waals surface area contributed by atoms with Crippen molar-refractivity contribution >= 4 is 17.2 Å². The number of hydrogen-bond acceptors (Lipinski definition) is 4. The standard InChI is InChI=1S/C16H18FN3OS/c1-10-8-18-7-6-13(10)19-15(21)14-9-22-16(20-14)11-4-2-3-5-12(11)17/h2-5,9-10,13,18H,6-8H2,1H3,(H,19,21). The van der Waals surface area contributed by atoms with Crippen molar-refractivity contribution in [3.63, 3.8) is 0 Å². The van der Waals surface area contributed by atoms with E-state index in [0.29, 0.717) is 22.2 Å². The van der Waals surface area contributed by atoms with Crippen LogP contribution in [0, 0.1) is 11.7 Å². The Morgan fingerprint density at radius 2 is 2.27 bits per heavy atom. The largest absolute Gasteiger partial charge is 0.348 e. The van der Waals surface area contributed by atoms with Crippen LogP contribution in [0.4, 0.5) is 4.39 Å². The van der Waals surface area contributed by atoms with Crippen molar-refractivity contribution in [2.75, 3.05) is 13.1 Å². The number of carbonyl (C=O) groups excluding carboxylic acids is 1. The van der Waals surface area contributed by atoms with Gasteiger partial charge >= 0.3 is 0 Å². The first-order valence-electron chi connectivity index (χ1n) is 7.37. The van der Waals surface area contributed by atoms with Crippen molar-refractivity contribution in [3.8, 4) is 10.6 Å². The van der Waals surface area contributed by atoms with Gasteiger partial charge in [-0.1, -0.05) is 19.1 Å². The van der Waals surface area contributed by atoms with Gasteiger partial charge in [-0.25, -0.2) is 9.37 Å². The minimum atomic E-state index is -0.323. The quantitative estimate of drug-likeness (QED) is 0.914. The van der Waals surface area contributed by atoms with E-state index >= 15 is 0 Å².